The molecule has 0 saturated carbocycles. The highest BCUT2D eigenvalue weighted by molar-refractivity contribution is 7.99. The Labute approximate surface area is 215 Å². The molecule has 36 heavy (non-hydrogen) atoms. The first kappa shape index (κ1) is 25.6. The number of ether oxygens (including phenoxy) is 3. The standard InChI is InChI=1S/C28H30N2O5S/c1-19(31)34-26-27(20-10-12-21(33-4)13-11-20)36-25-18-23(35-22-8-6-5-7-9-22)14-15-24(25)30(28(26)32)17-16-29(2)3/h5-15,18,26-27H,16-17H2,1-4H3/t26-,27+/m1/s1. The Morgan fingerprint density at radius 2 is 1.67 bits per heavy atom. The van der Waals surface area contributed by atoms with Crippen molar-refractivity contribution in [2.45, 2.75) is 23.2 Å². The molecule has 1 aliphatic heterocycles. The first-order valence-corrected chi connectivity index (χ1v) is 12.5. The number of carbonyl (C=O) groups excluding carboxylic acids is 2. The molecule has 0 aliphatic carbocycles. The van der Waals surface area contributed by atoms with Crippen LogP contribution < -0.4 is 14.4 Å². The van der Waals surface area contributed by atoms with Gasteiger partial charge in [-0.05, 0) is 62.1 Å². The van der Waals surface area contributed by atoms with Crippen molar-refractivity contribution >= 4 is 29.3 Å². The number of carbonyl (C=O) groups is 2. The topological polar surface area (TPSA) is 68.3 Å². The zero-order valence-electron chi connectivity index (χ0n) is 20.8. The van der Waals surface area contributed by atoms with Crippen molar-refractivity contribution in [3.05, 3.63) is 78.4 Å². The summed E-state index contributed by atoms with van der Waals surface area (Å²) in [6, 6.07) is 22.7. The fourth-order valence-corrected chi connectivity index (χ4v) is 5.30. The number of hydrogen-bond acceptors (Lipinski definition) is 7. The number of fused-ring (bicyclic) bond motifs is 1. The maximum atomic E-state index is 13.9. The third-order valence-corrected chi connectivity index (χ3v) is 7.10. The Morgan fingerprint density at radius 3 is 2.31 bits per heavy atom. The van der Waals surface area contributed by atoms with Crippen molar-refractivity contribution < 1.29 is 23.8 Å². The van der Waals surface area contributed by atoms with Gasteiger partial charge >= 0.3 is 5.97 Å². The molecule has 188 valence electrons. The fraction of sp³-hybridized carbons (Fsp3) is 0.286. The summed E-state index contributed by atoms with van der Waals surface area (Å²) in [5.74, 6) is 1.34. The number of amides is 1. The van der Waals surface area contributed by atoms with Crippen LogP contribution in [0.25, 0.3) is 0 Å². The second-order valence-corrected chi connectivity index (χ2v) is 9.86. The number of methoxy groups -OCH3 is 1. The van der Waals surface area contributed by atoms with Crippen LogP contribution in [-0.2, 0) is 14.3 Å². The minimum atomic E-state index is -0.992. The van der Waals surface area contributed by atoms with Crippen LogP contribution in [0.2, 0.25) is 0 Å². The van der Waals surface area contributed by atoms with E-state index in [1.54, 1.807) is 12.0 Å². The predicted molar refractivity (Wildman–Crippen MR) is 141 cm³/mol. The molecule has 4 rings (SSSR count). The van der Waals surface area contributed by atoms with Crippen molar-refractivity contribution in [1.82, 2.24) is 4.90 Å². The molecule has 0 aromatic heterocycles. The minimum Gasteiger partial charge on any atom is -0.497 e. The van der Waals surface area contributed by atoms with Crippen LogP contribution in [-0.4, -0.2) is 57.2 Å². The molecule has 2 atom stereocenters. The molecule has 3 aromatic carbocycles. The molecule has 0 spiro atoms. The van der Waals surface area contributed by atoms with Gasteiger partial charge in [0.2, 0.25) is 0 Å². The molecule has 3 aromatic rings. The van der Waals surface area contributed by atoms with Gasteiger partial charge in [-0.1, -0.05) is 30.3 Å². The molecule has 0 bridgehead atoms. The number of likely N-dealkylation sites (N-methyl/N-ethyl adjacent to an activating group) is 1. The quantitative estimate of drug-likeness (QED) is 0.391. The van der Waals surface area contributed by atoms with E-state index in [9.17, 15) is 9.59 Å². The van der Waals surface area contributed by atoms with Gasteiger partial charge in [-0.25, -0.2) is 0 Å². The molecule has 1 heterocycles. The summed E-state index contributed by atoms with van der Waals surface area (Å²) in [4.78, 5) is 30.6. The maximum absolute atomic E-state index is 13.9. The van der Waals surface area contributed by atoms with E-state index in [-0.39, 0.29) is 5.91 Å². The van der Waals surface area contributed by atoms with Crippen LogP contribution in [0, 0.1) is 0 Å². The summed E-state index contributed by atoms with van der Waals surface area (Å²) in [5, 5.41) is -0.456. The summed E-state index contributed by atoms with van der Waals surface area (Å²) in [6.07, 6.45) is -0.992. The Morgan fingerprint density at radius 1 is 0.972 bits per heavy atom. The van der Waals surface area contributed by atoms with Gasteiger partial charge in [0.1, 0.15) is 17.2 Å². The van der Waals surface area contributed by atoms with Crippen LogP contribution in [0.1, 0.15) is 17.7 Å². The first-order valence-electron chi connectivity index (χ1n) is 11.7. The van der Waals surface area contributed by atoms with Gasteiger partial charge in [-0.3, -0.25) is 9.59 Å². The van der Waals surface area contributed by atoms with Gasteiger partial charge in [-0.15, -0.1) is 11.8 Å². The maximum Gasteiger partial charge on any atom is 0.303 e. The van der Waals surface area contributed by atoms with Crippen LogP contribution in [0.4, 0.5) is 5.69 Å². The van der Waals surface area contributed by atoms with Crippen molar-refractivity contribution in [2.24, 2.45) is 0 Å². The monoisotopic (exact) mass is 506 g/mol. The van der Waals surface area contributed by atoms with E-state index in [0.29, 0.717) is 24.6 Å². The van der Waals surface area contributed by atoms with Crippen molar-refractivity contribution in [1.29, 1.82) is 0 Å². The van der Waals surface area contributed by atoms with E-state index < -0.39 is 17.3 Å². The molecule has 0 N–H and O–H groups in total. The van der Waals surface area contributed by atoms with Crippen LogP contribution >= 0.6 is 11.8 Å². The third-order valence-electron chi connectivity index (χ3n) is 5.75. The molecule has 1 amide bonds. The van der Waals surface area contributed by atoms with E-state index in [2.05, 4.69) is 0 Å². The van der Waals surface area contributed by atoms with Gasteiger partial charge in [0.15, 0.2) is 6.10 Å². The van der Waals surface area contributed by atoms with E-state index >= 15 is 0 Å². The highest BCUT2D eigenvalue weighted by Gasteiger charge is 2.41. The summed E-state index contributed by atoms with van der Waals surface area (Å²) in [6.45, 7) is 2.43. The molecule has 0 unspecified atom stereocenters. The SMILES string of the molecule is COc1ccc([C@@H]2Sc3cc(Oc4ccccc4)ccc3N(CCN(C)C)C(=O)[C@@H]2OC(C)=O)cc1. The number of anilines is 1. The largest absolute Gasteiger partial charge is 0.497 e. The lowest BCUT2D eigenvalue weighted by Gasteiger charge is -2.28. The number of para-hydroxylation sites is 1. The number of rotatable bonds is 8. The van der Waals surface area contributed by atoms with E-state index in [0.717, 1.165) is 21.9 Å². The van der Waals surface area contributed by atoms with Crippen LogP contribution in [0.15, 0.2) is 77.7 Å². The first-order chi connectivity index (χ1) is 17.4. The zero-order chi connectivity index (χ0) is 25.7. The number of benzene rings is 3. The minimum absolute atomic E-state index is 0.254. The Bertz CT molecular complexity index is 1200. The molecule has 0 radical (unpaired) electrons. The van der Waals surface area contributed by atoms with Crippen LogP contribution in [0.3, 0.4) is 0 Å². The van der Waals surface area contributed by atoms with Gasteiger partial charge in [0.25, 0.3) is 5.91 Å². The third kappa shape index (κ3) is 6.01. The van der Waals surface area contributed by atoms with Gasteiger partial charge < -0.3 is 24.0 Å². The molecule has 1 aliphatic rings. The second kappa shape index (κ2) is 11.5. The van der Waals surface area contributed by atoms with E-state index in [1.165, 1.54) is 18.7 Å². The lowest BCUT2D eigenvalue weighted by atomic mass is 10.1. The van der Waals surface area contributed by atoms with Gasteiger partial charge in [0.05, 0.1) is 18.0 Å². The highest BCUT2D eigenvalue weighted by atomic mass is 32.2. The lowest BCUT2D eigenvalue weighted by molar-refractivity contribution is -0.152. The molecular formula is C28H30N2O5S. The Balaban J connectivity index is 1.78. The summed E-state index contributed by atoms with van der Waals surface area (Å²) >= 11 is 1.49. The summed E-state index contributed by atoms with van der Waals surface area (Å²) in [5.41, 5.74) is 1.62. The molecule has 0 fully saturated rings. The molecule has 0 saturated heterocycles. The second-order valence-electron chi connectivity index (χ2n) is 8.68. The van der Waals surface area contributed by atoms with E-state index in [4.69, 9.17) is 14.2 Å². The number of hydrogen-bond donors (Lipinski definition) is 0. The smallest absolute Gasteiger partial charge is 0.303 e. The van der Waals surface area contributed by atoms with Crippen molar-refractivity contribution in [2.75, 3.05) is 39.2 Å². The normalized spacial score (nSPS) is 17.4. The highest BCUT2D eigenvalue weighted by Crippen LogP contribution is 2.48. The number of thioether (sulfide) groups is 1. The Hall–Kier alpha value is -3.49. The van der Waals surface area contributed by atoms with Gasteiger partial charge in [0, 0.05) is 24.9 Å². The average Bonchev–Trinajstić information content (AvgIpc) is 2.97. The molecular weight excluding hydrogens is 476 g/mol. The van der Waals surface area contributed by atoms with Crippen molar-refractivity contribution in [3.63, 3.8) is 0 Å². The average molecular weight is 507 g/mol. The zero-order valence-corrected chi connectivity index (χ0v) is 21.7. The fourth-order valence-electron chi connectivity index (χ4n) is 3.96. The Kier molecular flexibility index (Phi) is 8.18. The van der Waals surface area contributed by atoms with E-state index in [1.807, 2.05) is 91.8 Å². The number of nitrogens with zero attached hydrogens (tertiary/aromatic N) is 2. The van der Waals surface area contributed by atoms with Crippen LogP contribution in [0.5, 0.6) is 17.2 Å². The lowest BCUT2D eigenvalue weighted by Crippen LogP contribution is -2.45. The summed E-state index contributed by atoms with van der Waals surface area (Å²) in [7, 11) is 5.52. The molecule has 8 heteroatoms. The van der Waals surface area contributed by atoms with Gasteiger partial charge in [-0.2, -0.15) is 0 Å². The number of esters is 1. The van der Waals surface area contributed by atoms with Crippen molar-refractivity contribution in [3.8, 4) is 17.2 Å². The predicted octanol–water partition coefficient (Wildman–Crippen LogP) is 5.16. The summed E-state index contributed by atoms with van der Waals surface area (Å²) < 4.78 is 17.1. The molecule has 7 nitrogen and oxygen atoms in total.